The summed E-state index contributed by atoms with van der Waals surface area (Å²) < 4.78 is 5.58. The van der Waals surface area contributed by atoms with E-state index >= 15 is 0 Å². The van der Waals surface area contributed by atoms with Crippen LogP contribution in [0, 0.1) is 0 Å². The quantitative estimate of drug-likeness (QED) is 0.610. The number of likely N-dealkylation sites (tertiary alicyclic amines) is 1. The van der Waals surface area contributed by atoms with Crippen molar-refractivity contribution in [3.63, 3.8) is 0 Å². The van der Waals surface area contributed by atoms with E-state index in [9.17, 15) is 4.79 Å². The predicted octanol–water partition coefficient (Wildman–Crippen LogP) is 2.85. The van der Waals surface area contributed by atoms with Crippen LogP contribution in [-0.4, -0.2) is 58.6 Å². The third-order valence-electron chi connectivity index (χ3n) is 5.18. The molecule has 0 bridgehead atoms. The number of hydrogen-bond donors (Lipinski definition) is 2. The van der Waals surface area contributed by atoms with Gasteiger partial charge in [0.05, 0.1) is 18.8 Å². The number of amides is 2. The van der Waals surface area contributed by atoms with Crippen molar-refractivity contribution in [2.45, 2.75) is 58.4 Å². The Bertz CT molecular complexity index is 633. The van der Waals surface area contributed by atoms with Gasteiger partial charge in [-0.2, -0.15) is 9.97 Å². The third kappa shape index (κ3) is 5.45. The number of carbonyl (C=O) groups excluding carboxylic acids is 1. The molecule has 0 radical (unpaired) electrons. The van der Waals surface area contributed by atoms with E-state index in [4.69, 9.17) is 10.5 Å². The minimum Gasteiger partial charge on any atom is -0.463 e. The lowest BCUT2D eigenvalue weighted by Crippen LogP contribution is -2.40. The molecule has 8 heteroatoms. The molecule has 150 valence electrons. The van der Waals surface area contributed by atoms with E-state index in [-0.39, 0.29) is 11.8 Å². The summed E-state index contributed by atoms with van der Waals surface area (Å²) in [6.45, 7) is 7.51. The summed E-state index contributed by atoms with van der Waals surface area (Å²) in [7, 11) is 0. The summed E-state index contributed by atoms with van der Waals surface area (Å²) in [5.74, 6) is 0.269. The van der Waals surface area contributed by atoms with E-state index in [1.165, 1.54) is 38.9 Å². The highest BCUT2D eigenvalue weighted by Gasteiger charge is 2.26. The molecule has 27 heavy (non-hydrogen) atoms. The molecule has 0 spiro atoms. The number of nitrogens with two attached hydrogens (primary N) is 1. The zero-order valence-corrected chi connectivity index (χ0v) is 16.4. The van der Waals surface area contributed by atoms with Gasteiger partial charge in [-0.1, -0.05) is 19.8 Å². The number of urea groups is 1. The van der Waals surface area contributed by atoms with Crippen molar-refractivity contribution in [3.05, 3.63) is 5.69 Å². The minimum atomic E-state index is -0.128. The molecule has 0 unspecified atom stereocenters. The fourth-order valence-corrected chi connectivity index (χ4v) is 3.57. The fourth-order valence-electron chi connectivity index (χ4n) is 3.57. The summed E-state index contributed by atoms with van der Waals surface area (Å²) in [5.41, 5.74) is 7.23. The highest BCUT2D eigenvalue weighted by atomic mass is 16.5. The van der Waals surface area contributed by atoms with Gasteiger partial charge in [0.1, 0.15) is 5.69 Å². The first kappa shape index (κ1) is 19.7. The van der Waals surface area contributed by atoms with E-state index in [1.54, 1.807) is 4.90 Å². The van der Waals surface area contributed by atoms with Gasteiger partial charge in [-0.25, -0.2) is 4.79 Å². The number of nitrogen functional groups attached to an aromatic ring is 1. The van der Waals surface area contributed by atoms with Crippen molar-refractivity contribution in [2.24, 2.45) is 0 Å². The van der Waals surface area contributed by atoms with Crippen LogP contribution in [0.2, 0.25) is 0 Å². The summed E-state index contributed by atoms with van der Waals surface area (Å²) in [4.78, 5) is 25.3. The van der Waals surface area contributed by atoms with Crippen molar-refractivity contribution in [3.8, 4) is 6.01 Å². The van der Waals surface area contributed by atoms with Gasteiger partial charge < -0.3 is 25.6 Å². The number of nitrogens with one attached hydrogen (secondary N) is 1. The summed E-state index contributed by atoms with van der Waals surface area (Å²) >= 11 is 0. The Kier molecular flexibility index (Phi) is 7.09. The lowest BCUT2D eigenvalue weighted by atomic mass is 10.2. The van der Waals surface area contributed by atoms with Gasteiger partial charge in [-0.05, 0) is 51.7 Å². The molecule has 0 saturated carbocycles. The molecule has 3 N–H and O–H groups in total. The minimum absolute atomic E-state index is 0.128. The molecule has 1 aromatic rings. The van der Waals surface area contributed by atoms with Crippen molar-refractivity contribution in [1.82, 2.24) is 19.8 Å². The third-order valence-corrected chi connectivity index (χ3v) is 5.18. The standard InChI is InChI=1S/C19H32N6O2/c1-2-3-13-27-18-21-15-14-25(19(26)22-16(15)17(20)23-18)12-6-4-5-9-24-10-7-8-11-24/h2-14H2,1H3,(H,22,26)(H2,20,21,23). The molecular weight excluding hydrogens is 344 g/mol. The van der Waals surface area contributed by atoms with Crippen LogP contribution in [0.4, 0.5) is 16.3 Å². The van der Waals surface area contributed by atoms with Gasteiger partial charge in [0.25, 0.3) is 0 Å². The average Bonchev–Trinajstić information content (AvgIpc) is 3.16. The molecule has 1 saturated heterocycles. The Balaban J connectivity index is 1.48. The van der Waals surface area contributed by atoms with Crippen LogP contribution in [0.3, 0.4) is 0 Å². The number of unbranched alkanes of at least 4 members (excludes halogenated alkanes) is 3. The van der Waals surface area contributed by atoms with Gasteiger partial charge in [0, 0.05) is 6.54 Å². The van der Waals surface area contributed by atoms with Gasteiger partial charge in [0.2, 0.25) is 0 Å². The molecule has 1 aromatic heterocycles. The second kappa shape index (κ2) is 9.73. The van der Waals surface area contributed by atoms with Crippen molar-refractivity contribution >= 4 is 17.5 Å². The number of fused-ring (bicyclic) bond motifs is 1. The van der Waals surface area contributed by atoms with E-state index in [0.717, 1.165) is 37.9 Å². The molecule has 3 heterocycles. The summed E-state index contributed by atoms with van der Waals surface area (Å²) in [6, 6.07) is 0.165. The number of aromatic nitrogens is 2. The maximum Gasteiger partial charge on any atom is 0.322 e. The second-order valence-corrected chi connectivity index (χ2v) is 7.38. The molecule has 0 aliphatic carbocycles. The number of nitrogens with zero attached hydrogens (tertiary/aromatic N) is 4. The van der Waals surface area contributed by atoms with Crippen LogP contribution in [0.1, 0.15) is 57.6 Å². The molecule has 0 aromatic carbocycles. The predicted molar refractivity (Wildman–Crippen MR) is 106 cm³/mol. The van der Waals surface area contributed by atoms with Gasteiger partial charge in [-0.15, -0.1) is 0 Å². The van der Waals surface area contributed by atoms with Crippen LogP contribution >= 0.6 is 0 Å². The Morgan fingerprint density at radius 2 is 1.89 bits per heavy atom. The van der Waals surface area contributed by atoms with E-state index < -0.39 is 0 Å². The maximum atomic E-state index is 12.3. The van der Waals surface area contributed by atoms with Crippen LogP contribution in [0.5, 0.6) is 6.01 Å². The Labute approximate surface area is 161 Å². The van der Waals surface area contributed by atoms with Gasteiger partial charge in [0.15, 0.2) is 5.82 Å². The molecular formula is C19H32N6O2. The molecule has 2 aliphatic heterocycles. The van der Waals surface area contributed by atoms with E-state index in [2.05, 4.69) is 27.1 Å². The van der Waals surface area contributed by atoms with Crippen molar-refractivity contribution in [2.75, 3.05) is 43.8 Å². The number of ether oxygens (including phenoxy) is 1. The second-order valence-electron chi connectivity index (χ2n) is 7.38. The number of carbonyl (C=O) groups is 1. The Hall–Kier alpha value is -2.09. The van der Waals surface area contributed by atoms with Crippen LogP contribution in [-0.2, 0) is 6.54 Å². The number of anilines is 2. The molecule has 1 fully saturated rings. The Morgan fingerprint density at radius 1 is 1.11 bits per heavy atom. The van der Waals surface area contributed by atoms with Crippen molar-refractivity contribution < 1.29 is 9.53 Å². The highest BCUT2D eigenvalue weighted by molar-refractivity contribution is 5.94. The maximum absolute atomic E-state index is 12.3. The first-order chi connectivity index (χ1) is 13.2. The zero-order valence-electron chi connectivity index (χ0n) is 16.4. The molecule has 2 amide bonds. The number of hydrogen-bond acceptors (Lipinski definition) is 6. The van der Waals surface area contributed by atoms with Gasteiger partial charge >= 0.3 is 12.0 Å². The Morgan fingerprint density at radius 3 is 2.67 bits per heavy atom. The van der Waals surface area contributed by atoms with E-state index in [1.807, 2.05) is 0 Å². The summed E-state index contributed by atoms with van der Waals surface area (Å²) in [5, 5.41) is 2.83. The first-order valence-electron chi connectivity index (χ1n) is 10.2. The smallest absolute Gasteiger partial charge is 0.322 e. The SMILES string of the molecule is CCCCOc1nc(N)c2c(n1)CN(CCCCCN1CCCC1)C(=O)N2. The van der Waals surface area contributed by atoms with Crippen LogP contribution < -0.4 is 15.8 Å². The largest absolute Gasteiger partial charge is 0.463 e. The molecule has 0 atom stereocenters. The lowest BCUT2D eigenvalue weighted by molar-refractivity contribution is 0.203. The van der Waals surface area contributed by atoms with E-state index in [0.29, 0.717) is 24.8 Å². The molecule has 3 rings (SSSR count). The first-order valence-corrected chi connectivity index (χ1v) is 10.2. The van der Waals surface area contributed by atoms with Crippen LogP contribution in [0.15, 0.2) is 0 Å². The van der Waals surface area contributed by atoms with Gasteiger partial charge in [-0.3, -0.25) is 0 Å². The molecule has 2 aliphatic rings. The molecule has 8 nitrogen and oxygen atoms in total. The average molecular weight is 377 g/mol. The zero-order chi connectivity index (χ0) is 19.1. The highest BCUT2D eigenvalue weighted by Crippen LogP contribution is 2.28. The van der Waals surface area contributed by atoms with Crippen LogP contribution in [0.25, 0.3) is 0 Å². The topological polar surface area (TPSA) is 96.6 Å². The summed E-state index contributed by atoms with van der Waals surface area (Å²) in [6.07, 6.45) is 7.98. The lowest BCUT2D eigenvalue weighted by Gasteiger charge is -2.29. The normalized spacial score (nSPS) is 17.1. The fraction of sp³-hybridized carbons (Fsp3) is 0.737. The number of rotatable bonds is 10. The monoisotopic (exact) mass is 376 g/mol. The van der Waals surface area contributed by atoms with Crippen molar-refractivity contribution in [1.29, 1.82) is 0 Å².